The fraction of sp³-hybridized carbons (Fsp3) is 0.600. The summed E-state index contributed by atoms with van der Waals surface area (Å²) in [4.78, 5) is 14.0. The minimum atomic E-state index is -3.20. The Morgan fingerprint density at radius 3 is 3.07 bits per heavy atom. The summed E-state index contributed by atoms with van der Waals surface area (Å²) >= 11 is 2.69. The highest BCUT2D eigenvalue weighted by Gasteiger charge is 2.20. The topological polar surface area (TPSA) is 116 Å². The summed E-state index contributed by atoms with van der Waals surface area (Å²) in [6, 6.07) is 3.63. The van der Waals surface area contributed by atoms with Crippen LogP contribution in [0.15, 0.2) is 17.3 Å². The van der Waals surface area contributed by atoms with Gasteiger partial charge in [-0.2, -0.15) is 0 Å². The number of thioether (sulfide) groups is 1. The summed E-state index contributed by atoms with van der Waals surface area (Å²) < 4.78 is 31.9. The number of carbonyl (C=O) groups excluding carboxylic acids is 1. The highest BCUT2D eigenvalue weighted by Crippen LogP contribution is 2.22. The minimum absolute atomic E-state index is 0.000936. The predicted octanol–water partition coefficient (Wildman–Crippen LogP) is 0.980. The number of tetrazole rings is 1. The lowest BCUT2D eigenvalue weighted by Crippen LogP contribution is -2.23. The summed E-state index contributed by atoms with van der Waals surface area (Å²) in [7, 11) is -3.20. The molecule has 9 nitrogen and oxygen atoms in total. The van der Waals surface area contributed by atoms with Crippen LogP contribution in [0.3, 0.4) is 0 Å². The Bertz CT molecular complexity index is 874. The van der Waals surface area contributed by atoms with Gasteiger partial charge in [-0.3, -0.25) is 4.79 Å². The molecule has 148 valence electrons. The molecule has 27 heavy (non-hydrogen) atoms. The number of carbonyl (C=O) groups is 1. The van der Waals surface area contributed by atoms with Gasteiger partial charge in [-0.05, 0) is 41.8 Å². The molecule has 1 N–H and O–H groups in total. The molecule has 12 heteroatoms. The van der Waals surface area contributed by atoms with E-state index in [1.54, 1.807) is 10.7 Å². The molecule has 1 saturated heterocycles. The minimum Gasteiger partial charge on any atom is -0.376 e. The average Bonchev–Trinajstić information content (AvgIpc) is 3.34. The molecule has 0 aliphatic carbocycles. The summed E-state index contributed by atoms with van der Waals surface area (Å²) in [5.74, 6) is 0.243. The number of ether oxygens (including phenoxy) is 1. The zero-order valence-corrected chi connectivity index (χ0v) is 17.3. The van der Waals surface area contributed by atoms with Crippen molar-refractivity contribution in [2.75, 3.05) is 25.2 Å². The molecule has 0 saturated carbocycles. The van der Waals surface area contributed by atoms with Gasteiger partial charge in [0, 0.05) is 18.0 Å². The van der Waals surface area contributed by atoms with Crippen molar-refractivity contribution in [1.29, 1.82) is 0 Å². The third-order valence-corrected chi connectivity index (χ3v) is 6.78. The largest absolute Gasteiger partial charge is 0.376 e. The van der Waals surface area contributed by atoms with Crippen LogP contribution < -0.4 is 4.72 Å². The fourth-order valence-corrected chi connectivity index (χ4v) is 4.90. The van der Waals surface area contributed by atoms with E-state index >= 15 is 0 Å². The quantitative estimate of drug-likeness (QED) is 0.437. The van der Waals surface area contributed by atoms with Gasteiger partial charge in [-0.25, -0.2) is 17.8 Å². The monoisotopic (exact) mass is 431 g/mol. The van der Waals surface area contributed by atoms with Crippen LogP contribution in [0.1, 0.15) is 27.4 Å². The molecular formula is C15H21N5O4S3. The Morgan fingerprint density at radius 1 is 1.48 bits per heavy atom. The number of Topliss-reactive ketones (excluding diaryl/α,β-unsaturated/α-hetero) is 1. The van der Waals surface area contributed by atoms with Gasteiger partial charge in [0.1, 0.15) is 0 Å². The third-order valence-electron chi connectivity index (χ3n) is 3.90. The maximum atomic E-state index is 12.4. The van der Waals surface area contributed by atoms with Crippen molar-refractivity contribution >= 4 is 38.9 Å². The molecule has 2 aromatic rings. The molecule has 1 fully saturated rings. The number of rotatable bonds is 10. The van der Waals surface area contributed by atoms with Crippen molar-refractivity contribution in [3.63, 3.8) is 0 Å². The van der Waals surface area contributed by atoms with Gasteiger partial charge in [0.2, 0.25) is 15.2 Å². The molecule has 1 aliphatic rings. The standard InChI is InChI=1S/C15H21N5O4S3/c1-27(22,23)16-7-6-12-4-5-14(26-12)13(21)10-25-15-17-18-19-20(15)9-11-3-2-8-24-11/h4-5,11,16H,2-3,6-10H2,1H3/t11-/m1/s1. The zero-order valence-electron chi connectivity index (χ0n) is 14.8. The lowest BCUT2D eigenvalue weighted by atomic mass is 10.2. The average molecular weight is 432 g/mol. The van der Waals surface area contributed by atoms with Crippen molar-refractivity contribution in [3.8, 4) is 0 Å². The lowest BCUT2D eigenvalue weighted by molar-refractivity contribution is 0.0912. The maximum Gasteiger partial charge on any atom is 0.209 e. The zero-order chi connectivity index (χ0) is 19.3. The lowest BCUT2D eigenvalue weighted by Gasteiger charge is -2.09. The van der Waals surface area contributed by atoms with Crippen LogP contribution in [-0.4, -0.2) is 65.7 Å². The van der Waals surface area contributed by atoms with E-state index in [4.69, 9.17) is 4.74 Å². The Hall–Kier alpha value is -1.34. The predicted molar refractivity (Wildman–Crippen MR) is 103 cm³/mol. The molecule has 2 aromatic heterocycles. The van der Waals surface area contributed by atoms with Gasteiger partial charge in [0.25, 0.3) is 0 Å². The third kappa shape index (κ3) is 6.35. The maximum absolute atomic E-state index is 12.4. The van der Waals surface area contributed by atoms with Gasteiger partial charge in [-0.1, -0.05) is 11.8 Å². The second-order valence-electron chi connectivity index (χ2n) is 6.17. The normalized spacial score (nSPS) is 17.4. The first kappa shape index (κ1) is 20.4. The van der Waals surface area contributed by atoms with Gasteiger partial charge < -0.3 is 4.74 Å². The van der Waals surface area contributed by atoms with Crippen LogP contribution in [-0.2, 0) is 27.7 Å². The molecule has 0 unspecified atom stereocenters. The Morgan fingerprint density at radius 2 is 2.33 bits per heavy atom. The van der Waals surface area contributed by atoms with Crippen molar-refractivity contribution in [1.82, 2.24) is 24.9 Å². The summed E-state index contributed by atoms with van der Waals surface area (Å²) in [6.07, 6.45) is 3.85. The Labute approximate surface area is 165 Å². The first-order valence-electron chi connectivity index (χ1n) is 8.48. The van der Waals surface area contributed by atoms with Gasteiger partial charge in [0.15, 0.2) is 5.78 Å². The fourth-order valence-electron chi connectivity index (χ4n) is 2.62. The van der Waals surface area contributed by atoms with E-state index in [-0.39, 0.29) is 17.6 Å². The molecule has 1 aliphatic heterocycles. The molecule has 0 radical (unpaired) electrons. The van der Waals surface area contributed by atoms with E-state index in [0.29, 0.717) is 29.5 Å². The van der Waals surface area contributed by atoms with E-state index in [2.05, 4.69) is 20.2 Å². The number of aromatic nitrogens is 4. The van der Waals surface area contributed by atoms with Crippen LogP contribution in [0.4, 0.5) is 0 Å². The van der Waals surface area contributed by atoms with E-state index in [9.17, 15) is 13.2 Å². The van der Waals surface area contributed by atoms with Crippen molar-refractivity contribution in [2.45, 2.75) is 37.1 Å². The number of hydrogen-bond acceptors (Lipinski definition) is 9. The van der Waals surface area contributed by atoms with Crippen LogP contribution in [0, 0.1) is 0 Å². The van der Waals surface area contributed by atoms with Crippen LogP contribution >= 0.6 is 23.1 Å². The van der Waals surface area contributed by atoms with E-state index in [1.807, 2.05) is 6.07 Å². The molecule has 0 aromatic carbocycles. The Balaban J connectivity index is 1.49. The van der Waals surface area contributed by atoms with Gasteiger partial charge >= 0.3 is 0 Å². The van der Waals surface area contributed by atoms with Gasteiger partial charge in [-0.15, -0.1) is 16.4 Å². The molecule has 0 bridgehead atoms. The van der Waals surface area contributed by atoms with Crippen LogP contribution in [0.5, 0.6) is 0 Å². The summed E-state index contributed by atoms with van der Waals surface area (Å²) in [6.45, 7) is 1.69. The Kier molecular flexibility index (Phi) is 6.98. The second kappa shape index (κ2) is 9.24. The first-order chi connectivity index (χ1) is 12.9. The first-order valence-corrected chi connectivity index (χ1v) is 12.2. The number of nitrogens with zero attached hydrogens (tertiary/aromatic N) is 4. The number of hydrogen-bond donors (Lipinski definition) is 1. The number of thiophene rings is 1. The van der Waals surface area contributed by atoms with Crippen molar-refractivity contribution in [2.24, 2.45) is 0 Å². The summed E-state index contributed by atoms with van der Waals surface area (Å²) in [5, 5.41) is 12.3. The molecule has 0 amide bonds. The highest BCUT2D eigenvalue weighted by atomic mass is 32.2. The van der Waals surface area contributed by atoms with Gasteiger partial charge in [0.05, 0.1) is 29.5 Å². The molecule has 1 atom stereocenters. The van der Waals surface area contributed by atoms with Crippen molar-refractivity contribution < 1.29 is 17.9 Å². The number of sulfonamides is 1. The molecular weight excluding hydrogens is 410 g/mol. The molecule has 3 heterocycles. The van der Waals surface area contributed by atoms with Crippen LogP contribution in [0.2, 0.25) is 0 Å². The molecule has 3 rings (SSSR count). The smallest absolute Gasteiger partial charge is 0.209 e. The summed E-state index contributed by atoms with van der Waals surface area (Å²) in [5.41, 5.74) is 0. The van der Waals surface area contributed by atoms with E-state index in [1.165, 1.54) is 23.1 Å². The SMILES string of the molecule is CS(=O)(=O)NCCc1ccc(C(=O)CSc2nnnn2C[C@H]2CCCO2)s1. The number of ketones is 1. The highest BCUT2D eigenvalue weighted by molar-refractivity contribution is 7.99. The van der Waals surface area contributed by atoms with Crippen molar-refractivity contribution in [3.05, 3.63) is 21.9 Å². The molecule has 0 spiro atoms. The van der Waals surface area contributed by atoms with E-state index < -0.39 is 10.0 Å². The number of nitrogens with one attached hydrogen (secondary N) is 1. The van der Waals surface area contributed by atoms with E-state index in [0.717, 1.165) is 30.6 Å². The van der Waals surface area contributed by atoms with Crippen LogP contribution in [0.25, 0.3) is 0 Å². The second-order valence-corrected chi connectivity index (χ2v) is 10.1.